The molecule has 0 aliphatic carbocycles. The Morgan fingerprint density at radius 3 is 2.90 bits per heavy atom. The molecule has 1 aromatic rings. The second-order valence-corrected chi connectivity index (χ2v) is 5.32. The maximum Gasteiger partial charge on any atom is 0.288 e. The minimum Gasteiger partial charge on any atom is -0.350 e. The van der Waals surface area contributed by atoms with E-state index < -0.39 is 0 Å². The first-order valence-electron chi connectivity index (χ1n) is 6.33. The molecule has 108 valence electrons. The van der Waals surface area contributed by atoms with E-state index in [0.29, 0.717) is 5.56 Å². The molecule has 1 N–H and O–H groups in total. The van der Waals surface area contributed by atoms with Gasteiger partial charge in [-0.1, -0.05) is 23.9 Å². The summed E-state index contributed by atoms with van der Waals surface area (Å²) < 4.78 is 0. The van der Waals surface area contributed by atoms with Crippen LogP contribution in [0.15, 0.2) is 24.3 Å². The predicted molar refractivity (Wildman–Crippen MR) is 77.7 cm³/mol. The van der Waals surface area contributed by atoms with Crippen molar-refractivity contribution in [1.82, 2.24) is 10.2 Å². The topological polar surface area (TPSA) is 90.3 Å². The van der Waals surface area contributed by atoms with Gasteiger partial charge >= 0.3 is 0 Å². The first-order valence-corrected chi connectivity index (χ1v) is 7.31. The summed E-state index contributed by atoms with van der Waals surface area (Å²) in [6, 6.07) is 8.82. The number of rotatable bonds is 5. The summed E-state index contributed by atoms with van der Waals surface area (Å²) in [4.78, 5) is 35.8. The van der Waals surface area contributed by atoms with Gasteiger partial charge < -0.3 is 5.32 Å². The van der Waals surface area contributed by atoms with E-state index in [0.717, 1.165) is 22.2 Å². The summed E-state index contributed by atoms with van der Waals surface area (Å²) in [5.41, 5.74) is 1.22. The summed E-state index contributed by atoms with van der Waals surface area (Å²) in [6.45, 7) is 0.383. The van der Waals surface area contributed by atoms with Crippen molar-refractivity contribution in [3.8, 4) is 6.07 Å². The second-order valence-electron chi connectivity index (χ2n) is 4.39. The first-order chi connectivity index (χ1) is 10.1. The summed E-state index contributed by atoms with van der Waals surface area (Å²) in [7, 11) is 0. The van der Waals surface area contributed by atoms with Crippen molar-refractivity contribution < 1.29 is 14.4 Å². The van der Waals surface area contributed by atoms with E-state index in [-0.39, 0.29) is 42.3 Å². The van der Waals surface area contributed by atoms with Gasteiger partial charge in [0.05, 0.1) is 18.2 Å². The number of imide groups is 1. The Morgan fingerprint density at radius 1 is 1.43 bits per heavy atom. The number of carbonyl (C=O) groups excluding carboxylic acids is 3. The molecular weight excluding hydrogens is 290 g/mol. The van der Waals surface area contributed by atoms with Gasteiger partial charge in [-0.3, -0.25) is 19.3 Å². The van der Waals surface area contributed by atoms with Crippen molar-refractivity contribution in [3.05, 3.63) is 35.4 Å². The molecule has 3 amide bonds. The Kier molecular flexibility index (Phi) is 4.95. The molecule has 6 nitrogen and oxygen atoms in total. The number of hydrogen-bond acceptors (Lipinski definition) is 5. The summed E-state index contributed by atoms with van der Waals surface area (Å²) in [6.07, 6.45) is 0.245. The molecule has 0 bridgehead atoms. The van der Waals surface area contributed by atoms with Crippen LogP contribution < -0.4 is 5.32 Å². The SMILES string of the molecule is N#CCc1cccc(C(=O)NCCN2C(=O)CSC2=O)c1. The molecule has 0 radical (unpaired) electrons. The molecule has 0 aromatic heterocycles. The van der Waals surface area contributed by atoms with Gasteiger partial charge in [-0.25, -0.2) is 0 Å². The highest BCUT2D eigenvalue weighted by atomic mass is 32.2. The fourth-order valence-electron chi connectivity index (χ4n) is 1.89. The normalized spacial score (nSPS) is 14.1. The Morgan fingerprint density at radius 2 is 2.24 bits per heavy atom. The Hall–Kier alpha value is -2.33. The highest BCUT2D eigenvalue weighted by Gasteiger charge is 2.29. The number of thioether (sulfide) groups is 1. The van der Waals surface area contributed by atoms with Crippen LogP contribution in [-0.4, -0.2) is 40.8 Å². The maximum atomic E-state index is 12.0. The van der Waals surface area contributed by atoms with Crippen molar-refractivity contribution in [2.75, 3.05) is 18.8 Å². The van der Waals surface area contributed by atoms with Gasteiger partial charge in [-0.15, -0.1) is 0 Å². The molecule has 1 saturated heterocycles. The number of carbonyl (C=O) groups is 3. The van der Waals surface area contributed by atoms with Gasteiger partial charge in [0.1, 0.15) is 0 Å². The number of nitrogens with one attached hydrogen (secondary N) is 1. The number of nitriles is 1. The fraction of sp³-hybridized carbons (Fsp3) is 0.286. The lowest BCUT2D eigenvalue weighted by atomic mass is 10.1. The van der Waals surface area contributed by atoms with Gasteiger partial charge in [0.25, 0.3) is 11.1 Å². The molecule has 1 aliphatic heterocycles. The zero-order chi connectivity index (χ0) is 15.2. The van der Waals surface area contributed by atoms with Crippen LogP contribution in [0.25, 0.3) is 0 Å². The second kappa shape index (κ2) is 6.90. The third-order valence-electron chi connectivity index (χ3n) is 2.93. The van der Waals surface area contributed by atoms with Crippen molar-refractivity contribution in [3.63, 3.8) is 0 Å². The quantitative estimate of drug-likeness (QED) is 0.882. The van der Waals surface area contributed by atoms with Crippen LogP contribution in [0.5, 0.6) is 0 Å². The van der Waals surface area contributed by atoms with Gasteiger partial charge in [0.2, 0.25) is 5.91 Å². The highest BCUT2D eigenvalue weighted by molar-refractivity contribution is 8.14. The summed E-state index contributed by atoms with van der Waals surface area (Å²) >= 11 is 0.970. The standard InChI is InChI=1S/C14H13N3O3S/c15-5-4-10-2-1-3-11(8-10)13(19)16-6-7-17-12(18)9-21-14(17)20/h1-3,8H,4,6-7,9H2,(H,16,19). The van der Waals surface area contributed by atoms with Crippen LogP contribution >= 0.6 is 11.8 Å². The number of hydrogen-bond donors (Lipinski definition) is 1. The molecule has 1 fully saturated rings. The van der Waals surface area contributed by atoms with Crippen molar-refractivity contribution in [2.24, 2.45) is 0 Å². The van der Waals surface area contributed by atoms with E-state index in [2.05, 4.69) is 5.32 Å². The molecule has 1 aromatic carbocycles. The maximum absolute atomic E-state index is 12.0. The molecule has 2 rings (SSSR count). The molecule has 0 spiro atoms. The summed E-state index contributed by atoms with van der Waals surface area (Å²) in [5.74, 6) is -0.347. The van der Waals surface area contributed by atoms with Crippen molar-refractivity contribution in [2.45, 2.75) is 6.42 Å². The Balaban J connectivity index is 1.87. The van der Waals surface area contributed by atoms with Crippen LogP contribution in [0.2, 0.25) is 0 Å². The van der Waals surface area contributed by atoms with Gasteiger partial charge in [-0.2, -0.15) is 5.26 Å². The number of amides is 3. The van der Waals surface area contributed by atoms with Crippen LogP contribution in [0.3, 0.4) is 0 Å². The molecule has 7 heteroatoms. The van der Waals surface area contributed by atoms with Gasteiger partial charge in [0, 0.05) is 18.7 Å². The number of benzene rings is 1. The molecule has 1 heterocycles. The van der Waals surface area contributed by atoms with E-state index in [9.17, 15) is 14.4 Å². The molecule has 0 atom stereocenters. The lowest BCUT2D eigenvalue weighted by Crippen LogP contribution is -2.37. The lowest BCUT2D eigenvalue weighted by Gasteiger charge is -2.13. The molecule has 0 unspecified atom stereocenters. The molecule has 21 heavy (non-hydrogen) atoms. The smallest absolute Gasteiger partial charge is 0.288 e. The minimum atomic E-state index is -0.290. The van der Waals surface area contributed by atoms with E-state index in [1.807, 2.05) is 6.07 Å². The van der Waals surface area contributed by atoms with Crippen LogP contribution in [0.1, 0.15) is 15.9 Å². The minimum absolute atomic E-state index is 0.170. The van der Waals surface area contributed by atoms with E-state index in [1.165, 1.54) is 0 Å². The Labute approximate surface area is 126 Å². The highest BCUT2D eigenvalue weighted by Crippen LogP contribution is 2.17. The van der Waals surface area contributed by atoms with E-state index in [1.54, 1.807) is 24.3 Å². The van der Waals surface area contributed by atoms with Gasteiger partial charge in [-0.05, 0) is 17.7 Å². The average molecular weight is 303 g/mol. The van der Waals surface area contributed by atoms with Crippen molar-refractivity contribution >= 4 is 28.8 Å². The van der Waals surface area contributed by atoms with E-state index >= 15 is 0 Å². The van der Waals surface area contributed by atoms with Crippen molar-refractivity contribution in [1.29, 1.82) is 5.26 Å². The monoisotopic (exact) mass is 303 g/mol. The predicted octanol–water partition coefficient (Wildman–Crippen LogP) is 1.18. The van der Waals surface area contributed by atoms with Gasteiger partial charge in [0.15, 0.2) is 0 Å². The third-order valence-corrected chi connectivity index (χ3v) is 3.79. The van der Waals surface area contributed by atoms with Crippen LogP contribution in [0.4, 0.5) is 4.79 Å². The molecule has 0 saturated carbocycles. The van der Waals surface area contributed by atoms with Crippen LogP contribution in [0, 0.1) is 11.3 Å². The zero-order valence-electron chi connectivity index (χ0n) is 11.2. The third kappa shape index (κ3) is 3.83. The summed E-state index contributed by atoms with van der Waals surface area (Å²) in [5, 5.41) is 11.0. The van der Waals surface area contributed by atoms with Crippen LogP contribution in [-0.2, 0) is 11.2 Å². The first kappa shape index (κ1) is 15.1. The van der Waals surface area contributed by atoms with E-state index in [4.69, 9.17) is 5.26 Å². The lowest BCUT2D eigenvalue weighted by molar-refractivity contribution is -0.124. The average Bonchev–Trinajstić information content (AvgIpc) is 2.79. The fourth-order valence-corrected chi connectivity index (χ4v) is 2.65. The molecular formula is C14H13N3O3S. The Bertz CT molecular complexity index is 608. The number of nitrogens with zero attached hydrogens (tertiary/aromatic N) is 2. The largest absolute Gasteiger partial charge is 0.350 e. The molecule has 1 aliphatic rings. The zero-order valence-corrected chi connectivity index (χ0v) is 12.0.